The normalized spacial score (nSPS) is 17.7. The van der Waals surface area contributed by atoms with Crippen LogP contribution in [0.3, 0.4) is 0 Å². The van der Waals surface area contributed by atoms with Crippen molar-refractivity contribution in [2.24, 2.45) is 4.99 Å². The van der Waals surface area contributed by atoms with Crippen molar-refractivity contribution >= 4 is 39.4 Å². The topological polar surface area (TPSA) is 52.8 Å². The summed E-state index contributed by atoms with van der Waals surface area (Å²) < 4.78 is 62.9. The summed E-state index contributed by atoms with van der Waals surface area (Å²) in [6, 6.07) is 19.8. The second-order valence-corrected chi connectivity index (χ2v) is 11.9. The predicted octanol–water partition coefficient (Wildman–Crippen LogP) is 7.45. The van der Waals surface area contributed by atoms with Crippen LogP contribution in [0.15, 0.2) is 104 Å². The number of aromatic nitrogens is 1. The van der Waals surface area contributed by atoms with Gasteiger partial charge in [0.15, 0.2) is 4.80 Å². The Morgan fingerprint density at radius 3 is 2.21 bits per heavy atom. The average molecular weight is 672 g/mol. The number of hydrogen-bond donors (Lipinski definition) is 0. The number of alkyl halides is 4. The van der Waals surface area contributed by atoms with Crippen molar-refractivity contribution in [1.82, 2.24) is 4.57 Å². The van der Waals surface area contributed by atoms with Crippen LogP contribution >= 0.6 is 27.3 Å². The molecule has 2 aliphatic rings. The largest absolute Gasteiger partial charge is 0.435 e. The molecule has 11 heteroatoms. The van der Waals surface area contributed by atoms with Gasteiger partial charge in [0, 0.05) is 4.47 Å². The summed E-state index contributed by atoms with van der Waals surface area (Å²) in [6.07, 6.45) is 6.02. The second-order valence-electron chi connectivity index (χ2n) is 9.93. The molecule has 4 aromatic rings. The molecule has 0 bridgehead atoms. The van der Waals surface area contributed by atoms with Crippen molar-refractivity contribution < 1.29 is 27.0 Å². The van der Waals surface area contributed by atoms with Crippen molar-refractivity contribution in [1.29, 1.82) is 0 Å². The number of rotatable bonds is 7. The second kappa shape index (κ2) is 12.3. The first kappa shape index (κ1) is 29.1. The Hall–Kier alpha value is -3.96. The van der Waals surface area contributed by atoms with Crippen LogP contribution in [-0.4, -0.2) is 17.8 Å². The lowest BCUT2D eigenvalue weighted by molar-refractivity contribution is -0.0505. The van der Waals surface area contributed by atoms with E-state index in [0.29, 0.717) is 15.8 Å². The van der Waals surface area contributed by atoms with Crippen molar-refractivity contribution in [3.63, 3.8) is 0 Å². The Labute approximate surface area is 255 Å². The molecule has 1 atom stereocenters. The smallest absolute Gasteiger partial charge is 0.387 e. The van der Waals surface area contributed by atoms with Gasteiger partial charge in [-0.05, 0) is 95.6 Å². The minimum atomic E-state index is -2.95. The Kier molecular flexibility index (Phi) is 8.36. The molecule has 0 radical (unpaired) electrons. The lowest BCUT2D eigenvalue weighted by Gasteiger charge is -2.31. The zero-order valence-corrected chi connectivity index (χ0v) is 24.8. The highest BCUT2D eigenvalue weighted by Crippen LogP contribution is 2.41. The number of nitrogens with zero attached hydrogens (tertiary/aromatic N) is 2. The first-order valence-electron chi connectivity index (χ1n) is 13.4. The number of hydrogen-bond acceptors (Lipinski definition) is 5. The van der Waals surface area contributed by atoms with E-state index < -0.39 is 19.3 Å². The van der Waals surface area contributed by atoms with E-state index in [9.17, 15) is 22.4 Å². The zero-order valence-electron chi connectivity index (χ0n) is 22.4. The molecular weight excluding hydrogens is 648 g/mol. The molecule has 6 rings (SSSR count). The molecular formula is C32H23BrF4N2O3S. The van der Waals surface area contributed by atoms with Crippen molar-refractivity contribution in [2.75, 3.05) is 0 Å². The minimum absolute atomic E-state index is 0.0264. The van der Waals surface area contributed by atoms with Gasteiger partial charge in [-0.15, -0.1) is 0 Å². The summed E-state index contributed by atoms with van der Waals surface area (Å²) in [5.74, 6) is 0.0951. The highest BCUT2D eigenvalue weighted by Gasteiger charge is 2.32. The third-order valence-corrected chi connectivity index (χ3v) is 8.62. The van der Waals surface area contributed by atoms with Crippen LogP contribution in [0.1, 0.15) is 42.0 Å². The Bertz CT molecular complexity index is 1900. The zero-order chi connectivity index (χ0) is 30.1. The van der Waals surface area contributed by atoms with E-state index in [1.807, 2.05) is 36.4 Å². The van der Waals surface area contributed by atoms with Crippen LogP contribution < -0.4 is 24.4 Å². The number of halogens is 5. The van der Waals surface area contributed by atoms with E-state index in [1.54, 1.807) is 28.8 Å². The lowest BCUT2D eigenvalue weighted by Crippen LogP contribution is -2.39. The maximum atomic E-state index is 13.9. The number of ether oxygens (including phenoxy) is 2. The van der Waals surface area contributed by atoms with Gasteiger partial charge in [-0.1, -0.05) is 63.7 Å². The van der Waals surface area contributed by atoms with Crippen LogP contribution in [0.4, 0.5) is 17.6 Å². The van der Waals surface area contributed by atoms with E-state index in [1.165, 1.54) is 35.6 Å². The standard InChI is InChI=1S/C32H23BrF4N2O3S/c33-22-5-1-3-19(16-22)17-26-29(40)39-28(20-9-13-24(14-10-20)42-31(36)37)25-6-2-4-21(27(25)38-32(39)43-26)15-18-7-11-23(12-8-18)41-30(34)35/h1,3,5,7-17,28,30-31H,2,4,6H2/b21-15-,26-17-. The average Bonchev–Trinajstić information content (AvgIpc) is 3.27. The third-order valence-electron chi connectivity index (χ3n) is 7.15. The molecule has 2 heterocycles. The van der Waals surface area contributed by atoms with Crippen molar-refractivity contribution in [2.45, 2.75) is 38.5 Å². The van der Waals surface area contributed by atoms with Crippen LogP contribution in [-0.2, 0) is 0 Å². The summed E-state index contributed by atoms with van der Waals surface area (Å²) in [5.41, 5.74) is 4.87. The fourth-order valence-corrected chi connectivity index (χ4v) is 6.80. The molecule has 3 aromatic carbocycles. The monoisotopic (exact) mass is 670 g/mol. The van der Waals surface area contributed by atoms with Gasteiger partial charge in [0.2, 0.25) is 0 Å². The molecule has 0 fully saturated rings. The quantitative estimate of drug-likeness (QED) is 0.192. The molecule has 220 valence electrons. The van der Waals surface area contributed by atoms with Gasteiger partial charge in [0.1, 0.15) is 11.5 Å². The molecule has 0 N–H and O–H groups in total. The van der Waals surface area contributed by atoms with E-state index >= 15 is 0 Å². The lowest BCUT2D eigenvalue weighted by atomic mass is 9.84. The number of allylic oxidation sites excluding steroid dienone is 2. The minimum Gasteiger partial charge on any atom is -0.435 e. The van der Waals surface area contributed by atoms with Gasteiger partial charge in [-0.3, -0.25) is 9.36 Å². The van der Waals surface area contributed by atoms with E-state index in [4.69, 9.17) is 4.99 Å². The first-order chi connectivity index (χ1) is 20.7. The summed E-state index contributed by atoms with van der Waals surface area (Å²) in [5, 5.41) is 0. The highest BCUT2D eigenvalue weighted by atomic mass is 79.9. The summed E-state index contributed by atoms with van der Waals surface area (Å²) in [4.78, 5) is 19.4. The molecule has 1 aromatic heterocycles. The van der Waals surface area contributed by atoms with E-state index in [-0.39, 0.29) is 17.1 Å². The van der Waals surface area contributed by atoms with Gasteiger partial charge in [0.05, 0.1) is 16.3 Å². The van der Waals surface area contributed by atoms with Crippen LogP contribution in [0.5, 0.6) is 11.5 Å². The molecule has 43 heavy (non-hydrogen) atoms. The summed E-state index contributed by atoms with van der Waals surface area (Å²) in [6.45, 7) is -5.85. The summed E-state index contributed by atoms with van der Waals surface area (Å²) in [7, 11) is 0. The van der Waals surface area contributed by atoms with Crippen LogP contribution in [0.2, 0.25) is 0 Å². The number of fused-ring (bicyclic) bond motifs is 1. The fourth-order valence-electron chi connectivity index (χ4n) is 5.38. The molecule has 1 unspecified atom stereocenters. The molecule has 5 nitrogen and oxygen atoms in total. The highest BCUT2D eigenvalue weighted by molar-refractivity contribution is 9.10. The number of benzene rings is 3. The Morgan fingerprint density at radius 2 is 1.56 bits per heavy atom. The SMILES string of the molecule is O=c1/c(=C/c2cccc(Br)c2)sc2n1C(c1ccc(OC(F)F)cc1)C1=C(N=2)/C(=C\c2ccc(OC(F)F)cc2)CCC1. The van der Waals surface area contributed by atoms with E-state index in [2.05, 4.69) is 25.4 Å². The summed E-state index contributed by atoms with van der Waals surface area (Å²) >= 11 is 4.76. The molecule has 0 amide bonds. The van der Waals surface area contributed by atoms with E-state index in [0.717, 1.165) is 50.8 Å². The molecule has 0 spiro atoms. The van der Waals surface area contributed by atoms with Crippen LogP contribution in [0, 0.1) is 0 Å². The molecule has 0 saturated heterocycles. The van der Waals surface area contributed by atoms with Gasteiger partial charge in [0.25, 0.3) is 5.56 Å². The van der Waals surface area contributed by atoms with Gasteiger partial charge < -0.3 is 9.47 Å². The Morgan fingerprint density at radius 1 is 0.884 bits per heavy atom. The fraction of sp³-hybridized carbons (Fsp3) is 0.188. The predicted molar refractivity (Wildman–Crippen MR) is 160 cm³/mol. The Balaban J connectivity index is 1.49. The first-order valence-corrected chi connectivity index (χ1v) is 15.0. The van der Waals surface area contributed by atoms with Crippen molar-refractivity contribution in [3.05, 3.63) is 130 Å². The number of thiazole rings is 1. The van der Waals surface area contributed by atoms with Gasteiger partial charge in [-0.2, -0.15) is 17.6 Å². The van der Waals surface area contributed by atoms with Crippen LogP contribution in [0.25, 0.3) is 12.2 Å². The van der Waals surface area contributed by atoms with Gasteiger partial charge >= 0.3 is 13.2 Å². The molecule has 1 aliphatic carbocycles. The maximum Gasteiger partial charge on any atom is 0.387 e. The van der Waals surface area contributed by atoms with Gasteiger partial charge in [-0.25, -0.2) is 4.99 Å². The molecule has 1 aliphatic heterocycles. The van der Waals surface area contributed by atoms with Crippen molar-refractivity contribution in [3.8, 4) is 11.5 Å². The molecule has 0 saturated carbocycles. The third kappa shape index (κ3) is 6.37. The maximum absolute atomic E-state index is 13.9.